The van der Waals surface area contributed by atoms with E-state index in [0.29, 0.717) is 0 Å². The quantitative estimate of drug-likeness (QED) is 0.562. The largest absolute Gasteiger partial charge is 0.356 e. The molecule has 1 atom stereocenters. The summed E-state index contributed by atoms with van der Waals surface area (Å²) in [5, 5.41) is 0. The van der Waals surface area contributed by atoms with Gasteiger partial charge in [0.15, 0.2) is 6.29 Å². The van der Waals surface area contributed by atoms with Gasteiger partial charge in [-0.25, -0.2) is 0 Å². The molecule has 0 spiro atoms. The molecule has 0 fully saturated rings. The SMILES string of the molecule is COC(C[C@H](C)N)OC. The average molecular weight is 133 g/mol. The molecule has 0 rings (SSSR count). The lowest BCUT2D eigenvalue weighted by Gasteiger charge is -2.14. The number of rotatable bonds is 4. The summed E-state index contributed by atoms with van der Waals surface area (Å²) in [6.07, 6.45) is 0.595. The smallest absolute Gasteiger partial charge is 0.158 e. The predicted molar refractivity (Wildman–Crippen MR) is 36.1 cm³/mol. The van der Waals surface area contributed by atoms with Crippen molar-refractivity contribution in [2.45, 2.75) is 25.7 Å². The zero-order valence-corrected chi connectivity index (χ0v) is 6.26. The maximum absolute atomic E-state index is 5.48. The van der Waals surface area contributed by atoms with Crippen LogP contribution in [-0.2, 0) is 9.47 Å². The molecule has 0 amide bonds. The summed E-state index contributed by atoms with van der Waals surface area (Å²) in [7, 11) is 3.22. The number of methoxy groups -OCH3 is 2. The van der Waals surface area contributed by atoms with Crippen molar-refractivity contribution >= 4 is 0 Å². The molecule has 0 bridgehead atoms. The first kappa shape index (κ1) is 8.88. The molecule has 0 aliphatic rings. The van der Waals surface area contributed by atoms with Gasteiger partial charge in [0.25, 0.3) is 0 Å². The second-order valence-corrected chi connectivity index (χ2v) is 2.11. The molecule has 2 N–H and O–H groups in total. The molecule has 0 aliphatic heterocycles. The minimum atomic E-state index is -0.148. The average Bonchev–Trinajstić information content (AvgIpc) is 1.82. The molecule has 3 nitrogen and oxygen atoms in total. The van der Waals surface area contributed by atoms with Gasteiger partial charge in [-0.2, -0.15) is 0 Å². The summed E-state index contributed by atoms with van der Waals surface area (Å²) in [6.45, 7) is 1.92. The van der Waals surface area contributed by atoms with Crippen LogP contribution >= 0.6 is 0 Å². The van der Waals surface area contributed by atoms with E-state index < -0.39 is 0 Å². The van der Waals surface area contributed by atoms with Crippen LogP contribution in [0.1, 0.15) is 13.3 Å². The first-order chi connectivity index (χ1) is 4.20. The van der Waals surface area contributed by atoms with Crippen molar-refractivity contribution in [3.8, 4) is 0 Å². The van der Waals surface area contributed by atoms with Crippen molar-refractivity contribution in [1.82, 2.24) is 0 Å². The van der Waals surface area contributed by atoms with Gasteiger partial charge in [-0.1, -0.05) is 0 Å². The highest BCUT2D eigenvalue weighted by Gasteiger charge is 2.06. The van der Waals surface area contributed by atoms with E-state index in [4.69, 9.17) is 15.2 Å². The molecule has 0 saturated heterocycles. The highest BCUT2D eigenvalue weighted by atomic mass is 16.7. The van der Waals surface area contributed by atoms with E-state index in [-0.39, 0.29) is 12.3 Å². The fraction of sp³-hybridized carbons (Fsp3) is 1.00. The molecule has 0 saturated carbocycles. The van der Waals surface area contributed by atoms with E-state index >= 15 is 0 Å². The lowest BCUT2D eigenvalue weighted by Crippen LogP contribution is -2.25. The van der Waals surface area contributed by atoms with Gasteiger partial charge >= 0.3 is 0 Å². The summed E-state index contributed by atoms with van der Waals surface area (Å²) in [6, 6.07) is 0.134. The van der Waals surface area contributed by atoms with Crippen LogP contribution < -0.4 is 5.73 Å². The Morgan fingerprint density at radius 3 is 1.89 bits per heavy atom. The fourth-order valence-electron chi connectivity index (χ4n) is 0.592. The Hall–Kier alpha value is -0.120. The highest BCUT2D eigenvalue weighted by Crippen LogP contribution is 1.99. The van der Waals surface area contributed by atoms with E-state index in [0.717, 1.165) is 6.42 Å². The van der Waals surface area contributed by atoms with Gasteiger partial charge in [-0.15, -0.1) is 0 Å². The molecule has 0 heterocycles. The monoisotopic (exact) mass is 133 g/mol. The van der Waals surface area contributed by atoms with Crippen LogP contribution in [0.4, 0.5) is 0 Å². The van der Waals surface area contributed by atoms with Gasteiger partial charge in [0, 0.05) is 26.7 Å². The van der Waals surface area contributed by atoms with Gasteiger partial charge in [-0.05, 0) is 6.92 Å². The highest BCUT2D eigenvalue weighted by molar-refractivity contribution is 4.54. The van der Waals surface area contributed by atoms with Crippen LogP contribution in [-0.4, -0.2) is 26.6 Å². The lowest BCUT2D eigenvalue weighted by molar-refractivity contribution is -0.108. The number of hydrogen-bond acceptors (Lipinski definition) is 3. The van der Waals surface area contributed by atoms with Crippen molar-refractivity contribution in [1.29, 1.82) is 0 Å². The first-order valence-corrected chi connectivity index (χ1v) is 3.02. The number of nitrogens with two attached hydrogens (primary N) is 1. The molecule has 9 heavy (non-hydrogen) atoms. The summed E-state index contributed by atoms with van der Waals surface area (Å²) in [5.74, 6) is 0. The predicted octanol–water partition coefficient (Wildman–Crippen LogP) is 0.343. The molecule has 0 aromatic carbocycles. The lowest BCUT2D eigenvalue weighted by atomic mass is 10.2. The third-order valence-corrected chi connectivity index (χ3v) is 1.09. The van der Waals surface area contributed by atoms with E-state index in [9.17, 15) is 0 Å². The Morgan fingerprint density at radius 2 is 1.78 bits per heavy atom. The van der Waals surface area contributed by atoms with Crippen molar-refractivity contribution in [2.24, 2.45) is 5.73 Å². The van der Waals surface area contributed by atoms with Crippen LogP contribution in [0, 0.1) is 0 Å². The first-order valence-electron chi connectivity index (χ1n) is 3.02. The molecule has 0 aromatic heterocycles. The fourth-order valence-corrected chi connectivity index (χ4v) is 0.592. The second-order valence-electron chi connectivity index (χ2n) is 2.11. The molecule has 3 heteroatoms. The zero-order chi connectivity index (χ0) is 7.28. The van der Waals surface area contributed by atoms with Crippen molar-refractivity contribution in [3.63, 3.8) is 0 Å². The Bertz CT molecular complexity index is 62.1. The van der Waals surface area contributed by atoms with Crippen LogP contribution in [0.2, 0.25) is 0 Å². The van der Waals surface area contributed by atoms with E-state index in [2.05, 4.69) is 0 Å². The van der Waals surface area contributed by atoms with E-state index in [1.54, 1.807) is 14.2 Å². The van der Waals surface area contributed by atoms with E-state index in [1.165, 1.54) is 0 Å². The zero-order valence-electron chi connectivity index (χ0n) is 6.26. The maximum Gasteiger partial charge on any atom is 0.158 e. The van der Waals surface area contributed by atoms with Crippen LogP contribution in [0.3, 0.4) is 0 Å². The van der Waals surface area contributed by atoms with Crippen molar-refractivity contribution in [2.75, 3.05) is 14.2 Å². The summed E-state index contributed by atoms with van der Waals surface area (Å²) >= 11 is 0. The third-order valence-electron chi connectivity index (χ3n) is 1.09. The third kappa shape index (κ3) is 4.39. The topological polar surface area (TPSA) is 44.5 Å². The van der Waals surface area contributed by atoms with Gasteiger partial charge in [0.2, 0.25) is 0 Å². The molecule has 0 aliphatic carbocycles. The Morgan fingerprint density at radius 1 is 1.33 bits per heavy atom. The van der Waals surface area contributed by atoms with Crippen LogP contribution in [0.25, 0.3) is 0 Å². The van der Waals surface area contributed by atoms with Crippen LogP contribution in [0.5, 0.6) is 0 Å². The molecule has 0 radical (unpaired) electrons. The van der Waals surface area contributed by atoms with Gasteiger partial charge in [0.1, 0.15) is 0 Å². The number of ether oxygens (including phenoxy) is 2. The molecule has 0 unspecified atom stereocenters. The van der Waals surface area contributed by atoms with E-state index in [1.807, 2.05) is 6.92 Å². The van der Waals surface area contributed by atoms with Gasteiger partial charge in [-0.3, -0.25) is 0 Å². The molecular formula is C6H15NO2. The van der Waals surface area contributed by atoms with Gasteiger partial charge in [0.05, 0.1) is 0 Å². The minimum Gasteiger partial charge on any atom is -0.356 e. The van der Waals surface area contributed by atoms with Crippen LogP contribution in [0.15, 0.2) is 0 Å². The van der Waals surface area contributed by atoms with Gasteiger partial charge < -0.3 is 15.2 Å². The molecular weight excluding hydrogens is 118 g/mol. The Kier molecular flexibility index (Phi) is 4.67. The Labute approximate surface area is 56.1 Å². The summed E-state index contributed by atoms with van der Waals surface area (Å²) < 4.78 is 9.82. The van der Waals surface area contributed by atoms with Crippen molar-refractivity contribution in [3.05, 3.63) is 0 Å². The minimum absolute atomic E-state index is 0.134. The standard InChI is InChI=1S/C6H15NO2/c1-5(7)4-6(8-2)9-3/h5-6H,4,7H2,1-3H3/t5-/m0/s1. The summed E-state index contributed by atoms with van der Waals surface area (Å²) in [4.78, 5) is 0. The number of hydrogen-bond donors (Lipinski definition) is 1. The normalized spacial score (nSPS) is 14.3. The maximum atomic E-state index is 5.48. The Balaban J connectivity index is 3.31. The summed E-state index contributed by atoms with van der Waals surface area (Å²) in [5.41, 5.74) is 5.48. The van der Waals surface area contributed by atoms with Crippen molar-refractivity contribution < 1.29 is 9.47 Å². The molecule has 56 valence electrons. The molecule has 0 aromatic rings. The second kappa shape index (κ2) is 4.73.